The zero-order chi connectivity index (χ0) is 12.5. The van der Waals surface area contributed by atoms with Gasteiger partial charge in [0, 0.05) is 42.8 Å². The molecule has 1 aliphatic rings. The molecule has 1 unspecified atom stereocenters. The summed E-state index contributed by atoms with van der Waals surface area (Å²) < 4.78 is 2.41. The summed E-state index contributed by atoms with van der Waals surface area (Å²) in [6, 6.07) is 2.50. The van der Waals surface area contributed by atoms with Gasteiger partial charge >= 0.3 is 0 Å². The van der Waals surface area contributed by atoms with E-state index in [-0.39, 0.29) is 6.04 Å². The Bertz CT molecular complexity index is 524. The fraction of sp³-hybridized carbons (Fsp3) is 0.500. The van der Waals surface area contributed by atoms with Gasteiger partial charge in [-0.25, -0.2) is 4.98 Å². The second-order valence-electron chi connectivity index (χ2n) is 5.12. The highest BCUT2D eigenvalue weighted by Crippen LogP contribution is 2.30. The Morgan fingerprint density at radius 2 is 2.44 bits per heavy atom. The number of imidazole rings is 1. The number of hydrogen-bond donors (Lipinski definition) is 2. The molecule has 3 N–H and O–H groups in total. The molecule has 96 valence electrons. The smallest absolute Gasteiger partial charge is 0.107 e. The van der Waals surface area contributed by atoms with Crippen LogP contribution < -0.4 is 5.73 Å². The van der Waals surface area contributed by atoms with Crippen LogP contribution in [0.25, 0.3) is 0 Å². The minimum Gasteiger partial charge on any atom is -0.349 e. The predicted molar refractivity (Wildman–Crippen MR) is 71.3 cm³/mol. The van der Waals surface area contributed by atoms with E-state index in [1.807, 2.05) is 12.4 Å². The largest absolute Gasteiger partial charge is 0.349 e. The molecule has 0 saturated heterocycles. The van der Waals surface area contributed by atoms with E-state index in [1.54, 1.807) is 0 Å². The summed E-state index contributed by atoms with van der Waals surface area (Å²) >= 11 is 0. The molecule has 0 aromatic carbocycles. The molecule has 4 nitrogen and oxygen atoms in total. The molecule has 0 fully saturated rings. The molecule has 18 heavy (non-hydrogen) atoms. The molecular formula is C14H20N4. The van der Waals surface area contributed by atoms with E-state index >= 15 is 0 Å². The van der Waals surface area contributed by atoms with Crippen LogP contribution in [0.15, 0.2) is 18.5 Å². The molecular weight excluding hydrogens is 224 g/mol. The van der Waals surface area contributed by atoms with Gasteiger partial charge in [0.15, 0.2) is 0 Å². The van der Waals surface area contributed by atoms with Gasteiger partial charge in [0.1, 0.15) is 5.82 Å². The van der Waals surface area contributed by atoms with Crippen LogP contribution in [0.5, 0.6) is 0 Å². The molecule has 0 aliphatic heterocycles. The van der Waals surface area contributed by atoms with E-state index in [9.17, 15) is 0 Å². The molecule has 2 aromatic rings. The van der Waals surface area contributed by atoms with E-state index in [4.69, 9.17) is 5.73 Å². The number of aromatic nitrogens is 3. The van der Waals surface area contributed by atoms with E-state index < -0.39 is 0 Å². The molecule has 1 aliphatic carbocycles. The lowest BCUT2D eigenvalue weighted by Crippen LogP contribution is -2.18. The van der Waals surface area contributed by atoms with Crippen LogP contribution in [0, 0.1) is 6.92 Å². The first-order valence-electron chi connectivity index (χ1n) is 6.68. The maximum absolute atomic E-state index is 6.19. The minimum atomic E-state index is 0.234. The number of nitrogens with zero attached hydrogens (tertiary/aromatic N) is 2. The van der Waals surface area contributed by atoms with Crippen molar-refractivity contribution in [2.75, 3.05) is 0 Å². The lowest BCUT2D eigenvalue weighted by molar-refractivity contribution is 0.534. The standard InChI is InChI=1S/C14H20N4/c1-10-9-11-12(15)3-2-4-13(11)18(10)8-5-14-16-6-7-17-14/h6-7,9,12H,2-5,8,15H2,1H3,(H,16,17). The lowest BCUT2D eigenvalue weighted by atomic mass is 9.93. The lowest BCUT2D eigenvalue weighted by Gasteiger charge is -2.21. The Hall–Kier alpha value is -1.55. The monoisotopic (exact) mass is 244 g/mol. The predicted octanol–water partition coefficient (Wildman–Crippen LogP) is 2.10. The number of nitrogens with two attached hydrogens (primary N) is 1. The maximum atomic E-state index is 6.19. The summed E-state index contributed by atoms with van der Waals surface area (Å²) in [5.41, 5.74) is 10.3. The highest BCUT2D eigenvalue weighted by atomic mass is 15.0. The van der Waals surface area contributed by atoms with Crippen LogP contribution in [0.2, 0.25) is 0 Å². The highest BCUT2D eigenvalue weighted by molar-refractivity contribution is 5.32. The van der Waals surface area contributed by atoms with Crippen LogP contribution in [0.4, 0.5) is 0 Å². The third kappa shape index (κ3) is 1.97. The van der Waals surface area contributed by atoms with Crippen molar-refractivity contribution in [2.24, 2.45) is 5.73 Å². The molecule has 0 saturated carbocycles. The molecule has 0 radical (unpaired) electrons. The van der Waals surface area contributed by atoms with E-state index in [2.05, 4.69) is 27.5 Å². The van der Waals surface area contributed by atoms with Gasteiger partial charge in [-0.15, -0.1) is 0 Å². The van der Waals surface area contributed by atoms with Gasteiger partial charge in [0.2, 0.25) is 0 Å². The van der Waals surface area contributed by atoms with Crippen LogP contribution in [0.3, 0.4) is 0 Å². The second-order valence-corrected chi connectivity index (χ2v) is 5.12. The fourth-order valence-corrected chi connectivity index (χ4v) is 2.96. The van der Waals surface area contributed by atoms with Gasteiger partial charge < -0.3 is 15.3 Å². The van der Waals surface area contributed by atoms with Crippen LogP contribution in [-0.4, -0.2) is 14.5 Å². The van der Waals surface area contributed by atoms with Gasteiger partial charge in [0.05, 0.1) is 0 Å². The van der Waals surface area contributed by atoms with Crippen molar-refractivity contribution < 1.29 is 0 Å². The van der Waals surface area contributed by atoms with Crippen molar-refractivity contribution in [3.8, 4) is 0 Å². The van der Waals surface area contributed by atoms with E-state index in [0.717, 1.165) is 31.6 Å². The van der Waals surface area contributed by atoms with Crippen molar-refractivity contribution in [1.82, 2.24) is 14.5 Å². The molecule has 2 aromatic heterocycles. The van der Waals surface area contributed by atoms with Crippen molar-refractivity contribution in [3.63, 3.8) is 0 Å². The normalized spacial score (nSPS) is 18.9. The molecule has 0 bridgehead atoms. The first-order chi connectivity index (χ1) is 8.75. The van der Waals surface area contributed by atoms with Gasteiger partial charge in [0.25, 0.3) is 0 Å². The average Bonchev–Trinajstić information content (AvgIpc) is 2.95. The Labute approximate surface area is 107 Å². The van der Waals surface area contributed by atoms with E-state index in [0.29, 0.717) is 0 Å². The summed E-state index contributed by atoms with van der Waals surface area (Å²) in [5, 5.41) is 0. The first kappa shape index (κ1) is 11.5. The zero-order valence-electron chi connectivity index (χ0n) is 10.8. The molecule has 3 rings (SSSR count). The summed E-state index contributed by atoms with van der Waals surface area (Å²) in [5.74, 6) is 1.05. The van der Waals surface area contributed by atoms with Crippen molar-refractivity contribution in [3.05, 3.63) is 41.2 Å². The van der Waals surface area contributed by atoms with Crippen molar-refractivity contribution >= 4 is 0 Å². The Morgan fingerprint density at radius 3 is 3.22 bits per heavy atom. The Morgan fingerprint density at radius 1 is 1.56 bits per heavy atom. The second kappa shape index (κ2) is 4.61. The van der Waals surface area contributed by atoms with E-state index in [1.165, 1.54) is 23.4 Å². The molecule has 4 heteroatoms. The van der Waals surface area contributed by atoms with Crippen molar-refractivity contribution in [1.29, 1.82) is 0 Å². The summed E-state index contributed by atoms with van der Waals surface area (Å²) in [4.78, 5) is 7.44. The minimum absolute atomic E-state index is 0.234. The van der Waals surface area contributed by atoms with Gasteiger partial charge in [-0.2, -0.15) is 0 Å². The molecule has 0 spiro atoms. The SMILES string of the molecule is Cc1cc2c(n1CCc1ncc[nH]1)CCCC2N. The third-order valence-corrected chi connectivity index (χ3v) is 3.90. The quantitative estimate of drug-likeness (QED) is 0.868. The van der Waals surface area contributed by atoms with Gasteiger partial charge in [-0.05, 0) is 37.8 Å². The number of rotatable bonds is 3. The maximum Gasteiger partial charge on any atom is 0.107 e. The van der Waals surface area contributed by atoms with Crippen LogP contribution >= 0.6 is 0 Å². The number of aromatic amines is 1. The number of H-pyrrole nitrogens is 1. The summed E-state index contributed by atoms with van der Waals surface area (Å²) in [6.45, 7) is 3.16. The third-order valence-electron chi connectivity index (χ3n) is 3.90. The van der Waals surface area contributed by atoms with Gasteiger partial charge in [-0.3, -0.25) is 0 Å². The number of aryl methyl sites for hydroxylation is 2. The Kier molecular flexibility index (Phi) is 2.96. The average molecular weight is 244 g/mol. The topological polar surface area (TPSA) is 59.6 Å². The number of nitrogens with one attached hydrogen (secondary N) is 1. The molecule has 0 amide bonds. The highest BCUT2D eigenvalue weighted by Gasteiger charge is 2.21. The Balaban J connectivity index is 1.83. The summed E-state index contributed by atoms with van der Waals surface area (Å²) in [6.07, 6.45) is 8.12. The van der Waals surface area contributed by atoms with Crippen LogP contribution in [0.1, 0.15) is 41.7 Å². The fourth-order valence-electron chi connectivity index (χ4n) is 2.96. The van der Waals surface area contributed by atoms with Crippen molar-refractivity contribution in [2.45, 2.75) is 45.2 Å². The first-order valence-corrected chi connectivity index (χ1v) is 6.68. The molecule has 1 atom stereocenters. The molecule has 2 heterocycles. The number of fused-ring (bicyclic) bond motifs is 1. The summed E-state index contributed by atoms with van der Waals surface area (Å²) in [7, 11) is 0. The van der Waals surface area contributed by atoms with Gasteiger partial charge in [-0.1, -0.05) is 0 Å². The zero-order valence-corrected chi connectivity index (χ0v) is 10.8. The van der Waals surface area contributed by atoms with Crippen LogP contribution in [-0.2, 0) is 19.4 Å². The number of hydrogen-bond acceptors (Lipinski definition) is 2.